The highest BCUT2D eigenvalue weighted by atomic mass is 16.5. The zero-order valence-electron chi connectivity index (χ0n) is 44.4. The van der Waals surface area contributed by atoms with Gasteiger partial charge in [-0.3, -0.25) is 9.59 Å². The summed E-state index contributed by atoms with van der Waals surface area (Å²) in [7, 11) is 0. The van der Waals surface area contributed by atoms with E-state index in [0.717, 1.165) is 89.9 Å². The molecule has 0 rings (SSSR count). The van der Waals surface area contributed by atoms with E-state index in [0.29, 0.717) is 19.4 Å². The fourth-order valence-corrected chi connectivity index (χ4v) is 8.54. The van der Waals surface area contributed by atoms with E-state index in [4.69, 9.17) is 4.74 Å². The summed E-state index contributed by atoms with van der Waals surface area (Å²) in [5, 5.41) is 23.1. The normalized spacial score (nSPS) is 13.1. The summed E-state index contributed by atoms with van der Waals surface area (Å²) < 4.78 is 5.44. The molecule has 2 atom stereocenters. The third-order valence-electron chi connectivity index (χ3n) is 13.0. The van der Waals surface area contributed by atoms with Crippen LogP contribution in [0.5, 0.6) is 0 Å². The Bertz CT molecular complexity index is 1170. The Hall–Kier alpha value is -2.44. The number of esters is 1. The van der Waals surface area contributed by atoms with E-state index in [1.165, 1.54) is 173 Å². The van der Waals surface area contributed by atoms with Crippen LogP contribution in [0.1, 0.15) is 290 Å². The Kier molecular flexibility index (Phi) is 54.1. The lowest BCUT2D eigenvalue weighted by Gasteiger charge is -2.20. The zero-order chi connectivity index (χ0) is 48.6. The number of hydrogen-bond donors (Lipinski definition) is 3. The molecule has 0 aromatic carbocycles. The molecule has 6 nitrogen and oxygen atoms in total. The van der Waals surface area contributed by atoms with Gasteiger partial charge in [0.2, 0.25) is 5.91 Å². The van der Waals surface area contributed by atoms with Crippen molar-refractivity contribution in [3.05, 3.63) is 60.8 Å². The Balaban J connectivity index is 3.57. The molecule has 67 heavy (non-hydrogen) atoms. The number of nitrogens with one attached hydrogen (secondary N) is 1. The summed E-state index contributed by atoms with van der Waals surface area (Å²) in [5.41, 5.74) is 0. The molecular weight excluding hydrogens is 827 g/mol. The smallest absolute Gasteiger partial charge is 0.305 e. The Morgan fingerprint density at radius 3 is 1.25 bits per heavy atom. The molecule has 0 radical (unpaired) electrons. The molecule has 0 fully saturated rings. The van der Waals surface area contributed by atoms with Gasteiger partial charge in [0, 0.05) is 12.8 Å². The standard InChI is InChI=1S/C61H111NO5/c1-3-5-7-9-11-13-15-17-19-20-21-22-23-26-29-33-37-41-45-49-53-59(64)58(57-63)62-60(65)54-50-46-42-38-34-30-27-24-28-32-36-40-44-48-52-56-67-61(66)55-51-47-43-39-35-31-25-18-16-14-12-10-8-6-4-2/h12,14,18,24-25,28,32,36,49,53,58-59,63-64H,3-11,13,15-17,19-23,26-27,29-31,33-35,37-48,50-52,54-57H2,1-2H3,(H,62,65)/b14-12-,25-18-,28-24-,36-32-,53-49+. The minimum atomic E-state index is -0.861. The molecule has 1 amide bonds. The van der Waals surface area contributed by atoms with Crippen LogP contribution in [0.15, 0.2) is 60.8 Å². The van der Waals surface area contributed by atoms with Gasteiger partial charge >= 0.3 is 5.97 Å². The van der Waals surface area contributed by atoms with Gasteiger partial charge < -0.3 is 20.3 Å². The van der Waals surface area contributed by atoms with E-state index >= 15 is 0 Å². The van der Waals surface area contributed by atoms with Gasteiger partial charge in [0.15, 0.2) is 0 Å². The first-order valence-electron chi connectivity index (χ1n) is 29.1. The highest BCUT2D eigenvalue weighted by molar-refractivity contribution is 5.76. The number of allylic oxidation sites excluding steroid dienone is 9. The average molecular weight is 939 g/mol. The van der Waals surface area contributed by atoms with E-state index in [1.54, 1.807) is 6.08 Å². The van der Waals surface area contributed by atoms with E-state index in [-0.39, 0.29) is 18.5 Å². The van der Waals surface area contributed by atoms with Crippen LogP contribution >= 0.6 is 0 Å². The summed E-state index contributed by atoms with van der Waals surface area (Å²) >= 11 is 0. The predicted molar refractivity (Wildman–Crippen MR) is 292 cm³/mol. The van der Waals surface area contributed by atoms with Crippen molar-refractivity contribution in [1.82, 2.24) is 5.32 Å². The maximum atomic E-state index is 12.5. The Morgan fingerprint density at radius 2 is 0.791 bits per heavy atom. The number of carbonyl (C=O) groups excluding carboxylic acids is 2. The van der Waals surface area contributed by atoms with Crippen LogP contribution < -0.4 is 5.32 Å². The Labute approximate surface area is 416 Å². The number of rotatable bonds is 53. The molecule has 0 saturated heterocycles. The molecule has 0 aromatic heterocycles. The SMILES string of the molecule is CCCCC/C=C\C/C=C\CCCCCCCC(=O)OCCCCC/C=C\C=C/CCCCCCCCC(=O)NC(CO)C(O)/C=C/CCCCCCCCCCCCCCCCCCCC. The van der Waals surface area contributed by atoms with Gasteiger partial charge in [-0.15, -0.1) is 0 Å². The fraction of sp³-hybridized carbons (Fsp3) is 0.803. The van der Waals surface area contributed by atoms with E-state index in [9.17, 15) is 19.8 Å². The molecule has 0 aliphatic heterocycles. The van der Waals surface area contributed by atoms with Gasteiger partial charge in [0.25, 0.3) is 0 Å². The predicted octanol–water partition coefficient (Wildman–Crippen LogP) is 18.0. The molecule has 6 heteroatoms. The van der Waals surface area contributed by atoms with Crippen molar-refractivity contribution < 1.29 is 24.5 Å². The zero-order valence-corrected chi connectivity index (χ0v) is 44.4. The molecule has 0 heterocycles. The van der Waals surface area contributed by atoms with Gasteiger partial charge in [-0.05, 0) is 96.3 Å². The summed E-state index contributed by atoms with van der Waals surface area (Å²) in [6.07, 6.45) is 72.4. The van der Waals surface area contributed by atoms with Gasteiger partial charge in [0.05, 0.1) is 25.4 Å². The van der Waals surface area contributed by atoms with Crippen molar-refractivity contribution in [2.24, 2.45) is 0 Å². The lowest BCUT2D eigenvalue weighted by atomic mass is 10.0. The number of hydrogen-bond acceptors (Lipinski definition) is 5. The van der Waals surface area contributed by atoms with Crippen LogP contribution in [0, 0.1) is 0 Å². The van der Waals surface area contributed by atoms with E-state index < -0.39 is 12.1 Å². The summed E-state index contributed by atoms with van der Waals surface area (Å²) in [6.45, 7) is 4.82. The first-order valence-corrected chi connectivity index (χ1v) is 29.1. The first-order chi connectivity index (χ1) is 33.0. The van der Waals surface area contributed by atoms with Crippen molar-refractivity contribution in [3.8, 4) is 0 Å². The molecule has 2 unspecified atom stereocenters. The van der Waals surface area contributed by atoms with Crippen molar-refractivity contribution in [2.75, 3.05) is 13.2 Å². The van der Waals surface area contributed by atoms with Crippen LogP contribution in [0.4, 0.5) is 0 Å². The number of aliphatic hydroxyl groups excluding tert-OH is 2. The summed E-state index contributed by atoms with van der Waals surface area (Å²) in [6, 6.07) is -0.647. The van der Waals surface area contributed by atoms with Crippen LogP contribution in [-0.4, -0.2) is 47.4 Å². The number of ether oxygens (including phenoxy) is 1. The quantitative estimate of drug-likeness (QED) is 0.0244. The summed E-state index contributed by atoms with van der Waals surface area (Å²) in [5.74, 6) is -0.128. The second kappa shape index (κ2) is 56.2. The largest absolute Gasteiger partial charge is 0.466 e. The molecular formula is C61H111NO5. The van der Waals surface area contributed by atoms with Gasteiger partial charge in [-0.2, -0.15) is 0 Å². The molecule has 0 bridgehead atoms. The minimum absolute atomic E-state index is 0.0374. The summed E-state index contributed by atoms with van der Waals surface area (Å²) in [4.78, 5) is 24.5. The fourth-order valence-electron chi connectivity index (χ4n) is 8.54. The van der Waals surface area contributed by atoms with Crippen molar-refractivity contribution >= 4 is 11.9 Å². The van der Waals surface area contributed by atoms with E-state index in [2.05, 4.69) is 67.8 Å². The number of unbranched alkanes of at least 4 members (excludes halogenated alkanes) is 35. The lowest BCUT2D eigenvalue weighted by Crippen LogP contribution is -2.45. The topological polar surface area (TPSA) is 95.9 Å². The number of amides is 1. The molecule has 3 N–H and O–H groups in total. The number of aliphatic hydroxyl groups is 2. The molecule has 0 aromatic rings. The Morgan fingerprint density at radius 1 is 0.433 bits per heavy atom. The molecule has 0 spiro atoms. The molecule has 390 valence electrons. The third kappa shape index (κ3) is 52.8. The van der Waals surface area contributed by atoms with Crippen LogP contribution in [-0.2, 0) is 14.3 Å². The third-order valence-corrected chi connectivity index (χ3v) is 13.0. The highest BCUT2D eigenvalue weighted by Crippen LogP contribution is 2.16. The van der Waals surface area contributed by atoms with Crippen molar-refractivity contribution in [3.63, 3.8) is 0 Å². The monoisotopic (exact) mass is 938 g/mol. The second-order valence-electron chi connectivity index (χ2n) is 19.6. The van der Waals surface area contributed by atoms with Crippen LogP contribution in [0.2, 0.25) is 0 Å². The van der Waals surface area contributed by atoms with Crippen LogP contribution in [0.3, 0.4) is 0 Å². The van der Waals surface area contributed by atoms with Crippen molar-refractivity contribution in [1.29, 1.82) is 0 Å². The van der Waals surface area contributed by atoms with Crippen LogP contribution in [0.25, 0.3) is 0 Å². The first kappa shape index (κ1) is 64.6. The van der Waals surface area contributed by atoms with E-state index in [1.807, 2.05) is 6.08 Å². The van der Waals surface area contributed by atoms with Gasteiger partial charge in [-0.1, -0.05) is 242 Å². The van der Waals surface area contributed by atoms with Crippen molar-refractivity contribution in [2.45, 2.75) is 302 Å². The molecule has 0 saturated carbocycles. The lowest BCUT2D eigenvalue weighted by molar-refractivity contribution is -0.143. The number of carbonyl (C=O) groups is 2. The second-order valence-corrected chi connectivity index (χ2v) is 19.6. The van der Waals surface area contributed by atoms with Gasteiger partial charge in [-0.25, -0.2) is 0 Å². The molecule has 0 aliphatic rings. The minimum Gasteiger partial charge on any atom is -0.466 e. The average Bonchev–Trinajstić information content (AvgIpc) is 3.33. The molecule has 0 aliphatic carbocycles. The maximum Gasteiger partial charge on any atom is 0.305 e. The highest BCUT2D eigenvalue weighted by Gasteiger charge is 2.18. The van der Waals surface area contributed by atoms with Gasteiger partial charge in [0.1, 0.15) is 0 Å². The maximum absolute atomic E-state index is 12.5.